The number of aliphatic imine (C=N–C) groups is 1. The highest BCUT2D eigenvalue weighted by atomic mass is 35.5. The predicted molar refractivity (Wildman–Crippen MR) is 111 cm³/mol. The van der Waals surface area contributed by atoms with Crippen LogP contribution in [0.25, 0.3) is 22.4 Å². The monoisotopic (exact) mass is 376 g/mol. The number of pyridine rings is 1. The third-order valence-electron chi connectivity index (χ3n) is 4.67. The zero-order chi connectivity index (χ0) is 17.9. The van der Waals surface area contributed by atoms with Crippen LogP contribution in [0.15, 0.2) is 65.8 Å². The number of isothiocyanates is 1. The molecular weight excluding hydrogens is 360 g/mol. The minimum Gasteiger partial charge on any atom is -0.252 e. The molecule has 0 bridgehead atoms. The summed E-state index contributed by atoms with van der Waals surface area (Å²) in [6.45, 7) is 0. The van der Waals surface area contributed by atoms with Crippen LogP contribution in [0.3, 0.4) is 0 Å². The topological polar surface area (TPSA) is 25.2 Å². The van der Waals surface area contributed by atoms with Crippen LogP contribution in [-0.2, 0) is 6.42 Å². The molecule has 26 heavy (non-hydrogen) atoms. The number of rotatable bonds is 5. The van der Waals surface area contributed by atoms with E-state index in [2.05, 4.69) is 63.8 Å². The lowest BCUT2D eigenvalue weighted by atomic mass is 10.00. The fraction of sp³-hybridized carbons (Fsp3) is 0.182. The van der Waals surface area contributed by atoms with Crippen LogP contribution in [0.5, 0.6) is 0 Å². The molecule has 128 valence electrons. The van der Waals surface area contributed by atoms with Gasteiger partial charge in [-0.3, -0.25) is 4.98 Å². The Morgan fingerprint density at radius 2 is 1.62 bits per heavy atom. The van der Waals surface area contributed by atoms with Crippen LogP contribution in [0.1, 0.15) is 18.4 Å². The molecule has 0 unspecified atom stereocenters. The van der Waals surface area contributed by atoms with E-state index in [9.17, 15) is 0 Å². The Morgan fingerprint density at radius 3 is 2.19 bits per heavy atom. The summed E-state index contributed by atoms with van der Waals surface area (Å²) >= 11 is 10.9. The molecule has 0 N–H and O–H groups in total. The SMILES string of the molecule is S=C=Nc1cnc(-c2ccc(-c3ccc(CC4CC4)cc3)cc2)c(Cl)c1. The van der Waals surface area contributed by atoms with Gasteiger partial charge in [0.2, 0.25) is 0 Å². The lowest BCUT2D eigenvalue weighted by molar-refractivity contribution is 0.832. The average Bonchev–Trinajstić information content (AvgIpc) is 3.47. The lowest BCUT2D eigenvalue weighted by Gasteiger charge is -2.07. The summed E-state index contributed by atoms with van der Waals surface area (Å²) in [4.78, 5) is 8.31. The van der Waals surface area contributed by atoms with E-state index in [0.717, 1.165) is 17.2 Å². The Morgan fingerprint density at radius 1 is 1.00 bits per heavy atom. The second-order valence-electron chi connectivity index (χ2n) is 6.65. The van der Waals surface area contributed by atoms with Gasteiger partial charge in [-0.25, -0.2) is 0 Å². The molecule has 2 nitrogen and oxygen atoms in total. The van der Waals surface area contributed by atoms with Gasteiger partial charge in [0.1, 0.15) is 0 Å². The van der Waals surface area contributed by atoms with Gasteiger partial charge in [-0.05, 0) is 60.2 Å². The number of hydrogen-bond donors (Lipinski definition) is 0. The van der Waals surface area contributed by atoms with Gasteiger partial charge in [0.15, 0.2) is 0 Å². The van der Waals surface area contributed by atoms with Crippen LogP contribution in [-0.4, -0.2) is 10.1 Å². The summed E-state index contributed by atoms with van der Waals surface area (Å²) in [7, 11) is 0. The van der Waals surface area contributed by atoms with Crippen molar-refractivity contribution in [3.63, 3.8) is 0 Å². The van der Waals surface area contributed by atoms with E-state index in [-0.39, 0.29) is 0 Å². The maximum absolute atomic E-state index is 6.34. The minimum atomic E-state index is 0.550. The summed E-state index contributed by atoms with van der Waals surface area (Å²) in [6, 6.07) is 18.9. The van der Waals surface area contributed by atoms with Gasteiger partial charge in [-0.2, -0.15) is 4.99 Å². The second-order valence-corrected chi connectivity index (χ2v) is 7.24. The van der Waals surface area contributed by atoms with Gasteiger partial charge in [0.25, 0.3) is 0 Å². The minimum absolute atomic E-state index is 0.550. The highest BCUT2D eigenvalue weighted by molar-refractivity contribution is 7.78. The van der Waals surface area contributed by atoms with Gasteiger partial charge >= 0.3 is 0 Å². The van der Waals surface area contributed by atoms with Gasteiger partial charge in [-0.15, -0.1) is 0 Å². The predicted octanol–water partition coefficient (Wildman–Crippen LogP) is 6.76. The molecule has 1 heterocycles. The molecule has 1 saturated carbocycles. The number of benzene rings is 2. The van der Waals surface area contributed by atoms with Gasteiger partial charge < -0.3 is 0 Å². The molecule has 0 aliphatic heterocycles. The van der Waals surface area contributed by atoms with Crippen LogP contribution in [0.4, 0.5) is 5.69 Å². The quantitative estimate of drug-likeness (QED) is 0.363. The summed E-state index contributed by atoms with van der Waals surface area (Å²) in [5.74, 6) is 0.915. The smallest absolute Gasteiger partial charge is 0.0937 e. The molecule has 1 fully saturated rings. The average molecular weight is 377 g/mol. The molecule has 4 rings (SSSR count). The third-order valence-corrected chi connectivity index (χ3v) is 5.05. The van der Waals surface area contributed by atoms with Crippen molar-refractivity contribution in [2.45, 2.75) is 19.3 Å². The van der Waals surface area contributed by atoms with E-state index in [4.69, 9.17) is 11.6 Å². The standard InChI is InChI=1S/C22H17ClN2S/c23-21-12-20(25-14-26)13-24-22(21)19-9-7-18(8-10-19)17-5-3-16(4-6-17)11-15-1-2-15/h3-10,12-13,15H,1-2,11H2. The Bertz CT molecular complexity index is 970. The second kappa shape index (κ2) is 7.51. The summed E-state index contributed by atoms with van der Waals surface area (Å²) in [6.07, 6.45) is 5.64. The highest BCUT2D eigenvalue weighted by Gasteiger charge is 2.21. The van der Waals surface area contributed by atoms with Crippen LogP contribution >= 0.6 is 23.8 Å². The Labute approximate surface area is 163 Å². The van der Waals surface area contributed by atoms with E-state index < -0.39 is 0 Å². The third kappa shape index (κ3) is 3.91. The van der Waals surface area contributed by atoms with E-state index >= 15 is 0 Å². The first kappa shape index (κ1) is 17.1. The molecule has 0 radical (unpaired) electrons. The number of halogens is 1. The summed E-state index contributed by atoms with van der Waals surface area (Å²) in [5.41, 5.74) is 6.16. The Hall–Kier alpha value is -2.32. The van der Waals surface area contributed by atoms with Gasteiger partial charge in [0, 0.05) is 5.56 Å². The van der Waals surface area contributed by atoms with Crippen molar-refractivity contribution in [3.05, 3.63) is 71.4 Å². The molecular formula is C22H17ClN2S. The summed E-state index contributed by atoms with van der Waals surface area (Å²) in [5, 5.41) is 2.87. The number of nitrogens with zero attached hydrogens (tertiary/aromatic N) is 2. The fourth-order valence-electron chi connectivity index (χ4n) is 3.06. The van der Waals surface area contributed by atoms with Crippen LogP contribution < -0.4 is 0 Å². The van der Waals surface area contributed by atoms with E-state index in [1.165, 1.54) is 36.0 Å². The van der Waals surface area contributed by atoms with E-state index in [1.807, 2.05) is 12.1 Å². The molecule has 2 aromatic carbocycles. The number of hydrogen-bond acceptors (Lipinski definition) is 3. The molecule has 0 atom stereocenters. The molecule has 0 spiro atoms. The zero-order valence-electron chi connectivity index (χ0n) is 14.2. The first-order valence-electron chi connectivity index (χ1n) is 8.66. The molecule has 3 aromatic rings. The van der Waals surface area contributed by atoms with Crippen molar-refractivity contribution in [1.29, 1.82) is 0 Å². The maximum Gasteiger partial charge on any atom is 0.0937 e. The van der Waals surface area contributed by atoms with Crippen molar-refractivity contribution >= 4 is 34.7 Å². The Balaban J connectivity index is 1.55. The van der Waals surface area contributed by atoms with Crippen molar-refractivity contribution in [1.82, 2.24) is 4.98 Å². The van der Waals surface area contributed by atoms with Crippen molar-refractivity contribution < 1.29 is 0 Å². The van der Waals surface area contributed by atoms with Gasteiger partial charge in [-0.1, -0.05) is 60.1 Å². The number of aromatic nitrogens is 1. The zero-order valence-corrected chi connectivity index (χ0v) is 15.7. The van der Waals surface area contributed by atoms with Crippen LogP contribution in [0, 0.1) is 5.92 Å². The van der Waals surface area contributed by atoms with E-state index in [1.54, 1.807) is 12.3 Å². The van der Waals surface area contributed by atoms with Crippen molar-refractivity contribution in [3.8, 4) is 22.4 Å². The molecule has 0 amide bonds. The first-order chi connectivity index (χ1) is 12.7. The summed E-state index contributed by atoms with van der Waals surface area (Å²) < 4.78 is 0. The van der Waals surface area contributed by atoms with Crippen molar-refractivity contribution in [2.75, 3.05) is 0 Å². The molecule has 1 aliphatic carbocycles. The molecule has 4 heteroatoms. The van der Waals surface area contributed by atoms with Crippen molar-refractivity contribution in [2.24, 2.45) is 10.9 Å². The lowest BCUT2D eigenvalue weighted by Crippen LogP contribution is -1.88. The largest absolute Gasteiger partial charge is 0.252 e. The molecule has 0 saturated heterocycles. The normalized spacial score (nSPS) is 13.3. The van der Waals surface area contributed by atoms with E-state index in [0.29, 0.717) is 10.7 Å². The maximum atomic E-state index is 6.34. The van der Waals surface area contributed by atoms with Crippen LogP contribution in [0.2, 0.25) is 5.02 Å². The first-order valence-corrected chi connectivity index (χ1v) is 9.45. The molecule has 1 aliphatic rings. The fourth-order valence-corrected chi connectivity index (χ4v) is 3.44. The molecule has 1 aromatic heterocycles. The van der Waals surface area contributed by atoms with Gasteiger partial charge in [0.05, 0.1) is 27.8 Å². The highest BCUT2D eigenvalue weighted by Crippen LogP contribution is 2.33. The Kier molecular flexibility index (Phi) is 4.94. The number of thiocarbonyl (C=S) groups is 1.